The third-order valence-electron chi connectivity index (χ3n) is 2.99. The number of nitrogens with zero attached hydrogens (tertiary/aromatic N) is 1. The van der Waals surface area contributed by atoms with Gasteiger partial charge in [-0.25, -0.2) is 4.79 Å². The van der Waals surface area contributed by atoms with Gasteiger partial charge in [0.25, 0.3) is 0 Å². The molecule has 2 atom stereocenters. The van der Waals surface area contributed by atoms with Gasteiger partial charge >= 0.3 is 12.3 Å². The van der Waals surface area contributed by atoms with Crippen molar-refractivity contribution in [1.29, 1.82) is 0 Å². The molecule has 0 saturated carbocycles. The van der Waals surface area contributed by atoms with E-state index in [1.54, 1.807) is 20.8 Å². The maximum absolute atomic E-state index is 12.9. The molecule has 1 saturated heterocycles. The Morgan fingerprint density at radius 3 is 2.20 bits per heavy atom. The minimum absolute atomic E-state index is 0.0971. The van der Waals surface area contributed by atoms with Crippen LogP contribution in [0.15, 0.2) is 0 Å². The number of carbonyl (C=O) groups is 2. The minimum atomic E-state index is -4.70. The van der Waals surface area contributed by atoms with Crippen LogP contribution >= 0.6 is 0 Å². The number of halogens is 3. The Kier molecular flexibility index (Phi) is 4.55. The molecule has 0 aromatic heterocycles. The smallest absolute Gasteiger partial charge is 0.410 e. The summed E-state index contributed by atoms with van der Waals surface area (Å²) in [5, 5.41) is 10.8. The molecule has 1 aliphatic heterocycles. The highest BCUT2D eigenvalue weighted by Gasteiger charge is 2.49. The molecule has 0 spiro atoms. The van der Waals surface area contributed by atoms with E-state index in [-0.39, 0.29) is 13.0 Å². The number of aliphatic carboxylic acids is 1. The lowest BCUT2D eigenvalue weighted by atomic mass is 9.85. The molecule has 1 rings (SSSR count). The monoisotopic (exact) mass is 296 g/mol. The zero-order valence-electron chi connectivity index (χ0n) is 11.5. The Labute approximate surface area is 114 Å². The van der Waals surface area contributed by atoms with E-state index in [1.807, 2.05) is 0 Å². The number of carboxylic acid groups (broad SMARTS) is 1. The van der Waals surface area contributed by atoms with Gasteiger partial charge in [0, 0.05) is 25.0 Å². The van der Waals surface area contributed by atoms with E-state index in [4.69, 9.17) is 4.74 Å². The van der Waals surface area contributed by atoms with Crippen LogP contribution in [0.4, 0.5) is 18.0 Å². The first kappa shape index (κ1) is 16.6. The molecule has 116 valence electrons. The van der Waals surface area contributed by atoms with Crippen LogP contribution in [0.1, 0.15) is 27.2 Å². The lowest BCUT2D eigenvalue weighted by Gasteiger charge is -2.40. The Morgan fingerprint density at radius 1 is 1.25 bits per heavy atom. The van der Waals surface area contributed by atoms with Crippen LogP contribution < -0.4 is 5.11 Å². The topological polar surface area (TPSA) is 69.7 Å². The fourth-order valence-corrected chi connectivity index (χ4v) is 2.06. The largest absolute Gasteiger partial charge is 0.550 e. The Hall–Kier alpha value is -1.47. The van der Waals surface area contributed by atoms with Crippen molar-refractivity contribution in [2.75, 3.05) is 13.1 Å². The standard InChI is InChI=1S/C12H18F3NO4/c1-11(2,3)20-10(19)16-5-4-7(9(17)18)8(6-16)12(13,14)15/h7-8H,4-6H2,1-3H3,(H,17,18)/p-1. The van der Waals surface area contributed by atoms with Crippen molar-refractivity contribution < 1.29 is 32.6 Å². The van der Waals surface area contributed by atoms with Gasteiger partial charge in [0.15, 0.2) is 0 Å². The molecule has 5 nitrogen and oxygen atoms in total. The molecule has 0 aromatic rings. The highest BCUT2D eigenvalue weighted by Crippen LogP contribution is 2.37. The lowest BCUT2D eigenvalue weighted by Crippen LogP contribution is -2.54. The van der Waals surface area contributed by atoms with E-state index in [9.17, 15) is 27.9 Å². The predicted molar refractivity (Wildman–Crippen MR) is 60.5 cm³/mol. The zero-order chi connectivity index (χ0) is 15.7. The van der Waals surface area contributed by atoms with Crippen LogP contribution in [0.25, 0.3) is 0 Å². The molecular formula is C12H17F3NO4-. The first-order chi connectivity index (χ1) is 8.92. The van der Waals surface area contributed by atoms with Crippen LogP contribution in [0.3, 0.4) is 0 Å². The molecule has 1 amide bonds. The number of alkyl halides is 3. The molecule has 0 aliphatic carbocycles. The molecule has 20 heavy (non-hydrogen) atoms. The summed E-state index contributed by atoms with van der Waals surface area (Å²) in [7, 11) is 0. The van der Waals surface area contributed by atoms with E-state index in [0.717, 1.165) is 4.90 Å². The van der Waals surface area contributed by atoms with Gasteiger partial charge in [-0.15, -0.1) is 0 Å². The average Bonchev–Trinajstić information content (AvgIpc) is 2.24. The van der Waals surface area contributed by atoms with Crippen LogP contribution in [-0.4, -0.2) is 41.8 Å². The van der Waals surface area contributed by atoms with Crippen molar-refractivity contribution in [3.05, 3.63) is 0 Å². The highest BCUT2D eigenvalue weighted by atomic mass is 19.4. The second kappa shape index (κ2) is 5.49. The van der Waals surface area contributed by atoms with Crippen LogP contribution in [-0.2, 0) is 9.53 Å². The van der Waals surface area contributed by atoms with E-state index in [0.29, 0.717) is 0 Å². The number of hydrogen-bond acceptors (Lipinski definition) is 4. The SMILES string of the molecule is CC(C)(C)OC(=O)N1CCC(C(=O)[O-])C(C(F)(F)F)C1. The van der Waals surface area contributed by atoms with Crippen molar-refractivity contribution in [2.45, 2.75) is 39.0 Å². The Morgan fingerprint density at radius 2 is 1.80 bits per heavy atom. The number of rotatable bonds is 1. The fourth-order valence-electron chi connectivity index (χ4n) is 2.06. The van der Waals surface area contributed by atoms with Gasteiger partial charge in [0.05, 0.1) is 5.92 Å². The summed E-state index contributed by atoms with van der Waals surface area (Å²) >= 11 is 0. The normalized spacial score (nSPS) is 24.4. The summed E-state index contributed by atoms with van der Waals surface area (Å²) in [5.41, 5.74) is -0.823. The molecule has 1 aliphatic rings. The second-order valence-corrected chi connectivity index (χ2v) is 5.79. The summed E-state index contributed by atoms with van der Waals surface area (Å²) in [4.78, 5) is 23.4. The zero-order valence-corrected chi connectivity index (χ0v) is 11.5. The molecule has 1 heterocycles. The number of hydrogen-bond donors (Lipinski definition) is 0. The third-order valence-corrected chi connectivity index (χ3v) is 2.99. The van der Waals surface area contributed by atoms with Crippen molar-refractivity contribution in [2.24, 2.45) is 11.8 Å². The van der Waals surface area contributed by atoms with Crippen molar-refractivity contribution >= 4 is 12.1 Å². The van der Waals surface area contributed by atoms with E-state index >= 15 is 0 Å². The van der Waals surface area contributed by atoms with Crippen LogP contribution in [0.2, 0.25) is 0 Å². The quantitative estimate of drug-likeness (QED) is 0.728. The van der Waals surface area contributed by atoms with Crippen LogP contribution in [0.5, 0.6) is 0 Å². The molecule has 0 N–H and O–H groups in total. The Bertz CT molecular complexity index is 389. The molecular weight excluding hydrogens is 279 g/mol. The van der Waals surface area contributed by atoms with Crippen molar-refractivity contribution in [3.63, 3.8) is 0 Å². The molecule has 2 unspecified atom stereocenters. The summed E-state index contributed by atoms with van der Waals surface area (Å²) < 4.78 is 43.6. The number of likely N-dealkylation sites (tertiary alicyclic amines) is 1. The fraction of sp³-hybridized carbons (Fsp3) is 0.833. The Balaban J connectivity index is 2.82. The van der Waals surface area contributed by atoms with E-state index in [2.05, 4.69) is 0 Å². The molecule has 0 radical (unpaired) electrons. The van der Waals surface area contributed by atoms with E-state index in [1.165, 1.54) is 0 Å². The lowest BCUT2D eigenvalue weighted by molar-refractivity contribution is -0.321. The van der Waals surface area contributed by atoms with Gasteiger partial charge in [0.1, 0.15) is 5.60 Å². The summed E-state index contributed by atoms with van der Waals surface area (Å²) in [6.45, 7) is 3.97. The maximum Gasteiger partial charge on any atom is 0.410 e. The highest BCUT2D eigenvalue weighted by molar-refractivity contribution is 5.71. The average molecular weight is 296 g/mol. The first-order valence-corrected chi connectivity index (χ1v) is 6.17. The number of carboxylic acids is 1. The molecule has 0 aromatic carbocycles. The third kappa shape index (κ3) is 4.28. The van der Waals surface area contributed by atoms with Gasteiger partial charge < -0.3 is 19.5 Å². The molecule has 1 fully saturated rings. The van der Waals surface area contributed by atoms with Crippen LogP contribution in [0, 0.1) is 11.8 Å². The minimum Gasteiger partial charge on any atom is -0.550 e. The second-order valence-electron chi connectivity index (χ2n) is 5.79. The summed E-state index contributed by atoms with van der Waals surface area (Å²) in [6, 6.07) is 0. The summed E-state index contributed by atoms with van der Waals surface area (Å²) in [6.07, 6.45) is -5.87. The van der Waals surface area contributed by atoms with E-state index < -0.39 is 42.2 Å². The predicted octanol–water partition coefficient (Wildman–Crippen LogP) is 1.17. The maximum atomic E-state index is 12.9. The van der Waals surface area contributed by atoms with Crippen molar-refractivity contribution in [3.8, 4) is 0 Å². The number of amides is 1. The number of carbonyl (C=O) groups excluding carboxylic acids is 2. The van der Waals surface area contributed by atoms with Gasteiger partial charge in [-0.05, 0) is 27.2 Å². The van der Waals surface area contributed by atoms with Gasteiger partial charge in [-0.2, -0.15) is 13.2 Å². The number of ether oxygens (including phenoxy) is 1. The van der Waals surface area contributed by atoms with Gasteiger partial charge in [-0.3, -0.25) is 0 Å². The molecule has 8 heteroatoms. The molecule has 0 bridgehead atoms. The van der Waals surface area contributed by atoms with Gasteiger partial charge in [-0.1, -0.05) is 0 Å². The first-order valence-electron chi connectivity index (χ1n) is 6.17. The summed E-state index contributed by atoms with van der Waals surface area (Å²) in [5.74, 6) is -5.50. The number of piperidine rings is 1. The van der Waals surface area contributed by atoms with Gasteiger partial charge in [0.2, 0.25) is 0 Å². The van der Waals surface area contributed by atoms with Crippen molar-refractivity contribution in [1.82, 2.24) is 4.90 Å².